The summed E-state index contributed by atoms with van der Waals surface area (Å²) < 4.78 is 47.3. The maximum absolute atomic E-state index is 13.9. The van der Waals surface area contributed by atoms with Crippen molar-refractivity contribution in [1.29, 1.82) is 0 Å². The molecule has 0 radical (unpaired) electrons. The summed E-state index contributed by atoms with van der Waals surface area (Å²) in [6.07, 6.45) is 0.831. The van der Waals surface area contributed by atoms with E-state index in [1.807, 2.05) is 0 Å². The lowest BCUT2D eigenvalue weighted by Gasteiger charge is -2.24. The van der Waals surface area contributed by atoms with E-state index in [1.165, 1.54) is 24.1 Å². The van der Waals surface area contributed by atoms with Crippen LogP contribution in [0.5, 0.6) is 5.75 Å². The molecule has 2 aromatic rings. The molecule has 1 aliphatic carbocycles. The fourth-order valence-electron chi connectivity index (χ4n) is 5.21. The molecule has 0 spiro atoms. The highest BCUT2D eigenvalue weighted by molar-refractivity contribution is 6.00. The van der Waals surface area contributed by atoms with Gasteiger partial charge in [-0.2, -0.15) is 13.2 Å². The predicted octanol–water partition coefficient (Wildman–Crippen LogP) is 5.28. The molecule has 4 rings (SSSR count). The third kappa shape index (κ3) is 5.83. The number of carboxylic acids is 1. The molecule has 1 atom stereocenters. The highest BCUT2D eigenvalue weighted by atomic mass is 19.4. The number of hydrogen-bond acceptors (Lipinski definition) is 4. The van der Waals surface area contributed by atoms with Crippen molar-refractivity contribution in [2.24, 2.45) is 0 Å². The van der Waals surface area contributed by atoms with Gasteiger partial charge in [0.15, 0.2) is 0 Å². The van der Waals surface area contributed by atoms with Gasteiger partial charge in [-0.1, -0.05) is 31.4 Å². The number of carboxylic acid groups (broad SMARTS) is 1. The van der Waals surface area contributed by atoms with Crippen LogP contribution in [0, 0.1) is 0 Å². The van der Waals surface area contributed by atoms with Crippen molar-refractivity contribution in [2.45, 2.75) is 69.7 Å². The summed E-state index contributed by atoms with van der Waals surface area (Å²) in [5.41, 5.74) is 1.67. The third-order valence-electron chi connectivity index (χ3n) is 7.15. The highest BCUT2D eigenvalue weighted by Crippen LogP contribution is 2.39. The van der Waals surface area contributed by atoms with Crippen LogP contribution in [0.25, 0.3) is 0 Å². The molecular formula is C27H31F3N2O4. The summed E-state index contributed by atoms with van der Waals surface area (Å²) in [4.78, 5) is 25.4. The first-order chi connectivity index (χ1) is 17.2. The largest absolute Gasteiger partial charge is 0.489 e. The molecule has 36 heavy (non-hydrogen) atoms. The lowest BCUT2D eigenvalue weighted by molar-refractivity contribution is -0.139. The molecule has 1 fully saturated rings. The van der Waals surface area contributed by atoms with Crippen LogP contribution in [-0.2, 0) is 28.8 Å². The van der Waals surface area contributed by atoms with E-state index in [9.17, 15) is 22.8 Å². The average Bonchev–Trinajstić information content (AvgIpc) is 3.28. The number of benzene rings is 2. The molecule has 194 valence electrons. The second kappa shape index (κ2) is 10.9. The number of amides is 1. The van der Waals surface area contributed by atoms with E-state index in [0.717, 1.165) is 43.2 Å². The highest BCUT2D eigenvalue weighted by Gasteiger charge is 2.35. The molecule has 6 nitrogen and oxygen atoms in total. The summed E-state index contributed by atoms with van der Waals surface area (Å²) in [6, 6.07) is 8.82. The van der Waals surface area contributed by atoms with E-state index in [2.05, 4.69) is 5.32 Å². The monoisotopic (exact) mass is 504 g/mol. The number of rotatable bonds is 8. The van der Waals surface area contributed by atoms with Gasteiger partial charge < -0.3 is 20.1 Å². The maximum atomic E-state index is 13.9. The molecule has 1 heterocycles. The SMILES string of the molecule is CN[C@H](CC(=O)O)C(=O)N1CCc2cc(OCc3ccc(C4CCCCC4)cc3C(F)(F)F)ccc21. The Hall–Kier alpha value is -3.07. The van der Waals surface area contributed by atoms with Crippen molar-refractivity contribution in [3.05, 3.63) is 58.7 Å². The molecule has 2 aliphatic rings. The zero-order valence-electron chi connectivity index (χ0n) is 20.2. The van der Waals surface area contributed by atoms with Crippen molar-refractivity contribution in [3.63, 3.8) is 0 Å². The second-order valence-electron chi connectivity index (χ2n) is 9.51. The van der Waals surface area contributed by atoms with Crippen molar-refractivity contribution in [3.8, 4) is 5.75 Å². The van der Waals surface area contributed by atoms with Gasteiger partial charge in [-0.15, -0.1) is 0 Å². The van der Waals surface area contributed by atoms with Gasteiger partial charge in [-0.25, -0.2) is 0 Å². The number of fused-ring (bicyclic) bond motifs is 1. The Morgan fingerprint density at radius 2 is 1.89 bits per heavy atom. The number of nitrogens with zero attached hydrogens (tertiary/aromatic N) is 1. The van der Waals surface area contributed by atoms with Crippen molar-refractivity contribution in [2.75, 3.05) is 18.5 Å². The first-order valence-corrected chi connectivity index (χ1v) is 12.3. The number of nitrogens with one attached hydrogen (secondary N) is 1. The predicted molar refractivity (Wildman–Crippen MR) is 129 cm³/mol. The van der Waals surface area contributed by atoms with Gasteiger partial charge >= 0.3 is 12.1 Å². The molecule has 0 bridgehead atoms. The minimum Gasteiger partial charge on any atom is -0.489 e. The van der Waals surface area contributed by atoms with Crippen LogP contribution in [0.4, 0.5) is 18.9 Å². The van der Waals surface area contributed by atoms with Gasteiger partial charge in [0.05, 0.1) is 18.0 Å². The van der Waals surface area contributed by atoms with Crippen LogP contribution >= 0.6 is 0 Å². The van der Waals surface area contributed by atoms with Crippen molar-refractivity contribution >= 4 is 17.6 Å². The third-order valence-corrected chi connectivity index (χ3v) is 7.15. The van der Waals surface area contributed by atoms with Crippen molar-refractivity contribution < 1.29 is 32.6 Å². The first-order valence-electron chi connectivity index (χ1n) is 12.3. The zero-order chi connectivity index (χ0) is 25.9. The summed E-state index contributed by atoms with van der Waals surface area (Å²) >= 11 is 0. The number of carbonyl (C=O) groups excluding carboxylic acids is 1. The second-order valence-corrected chi connectivity index (χ2v) is 9.51. The Bertz CT molecular complexity index is 1110. The van der Waals surface area contributed by atoms with Gasteiger partial charge in [0.25, 0.3) is 0 Å². The molecule has 2 N–H and O–H groups in total. The minimum absolute atomic E-state index is 0.0879. The van der Waals surface area contributed by atoms with Gasteiger partial charge in [-0.3, -0.25) is 9.59 Å². The van der Waals surface area contributed by atoms with E-state index in [1.54, 1.807) is 24.3 Å². The number of hydrogen-bond donors (Lipinski definition) is 2. The first kappa shape index (κ1) is 26.0. The van der Waals surface area contributed by atoms with E-state index < -0.39 is 23.8 Å². The van der Waals surface area contributed by atoms with Crippen molar-refractivity contribution in [1.82, 2.24) is 5.32 Å². The average molecular weight is 505 g/mol. The standard InChI is InChI=1S/C27H31F3N2O4/c1-31-23(15-25(33)34)26(35)32-12-11-19-13-21(9-10-24(19)32)36-16-20-8-7-18(14-22(20)27(28,29)30)17-5-3-2-4-6-17/h7-10,13-14,17,23,31H,2-6,11-12,15-16H2,1H3,(H,33,34)/t23-/m1/s1. The molecule has 2 aromatic carbocycles. The molecule has 1 saturated carbocycles. The summed E-state index contributed by atoms with van der Waals surface area (Å²) in [7, 11) is 1.54. The number of alkyl halides is 3. The van der Waals surface area contributed by atoms with E-state index in [0.29, 0.717) is 24.4 Å². The van der Waals surface area contributed by atoms with Gasteiger partial charge in [0.1, 0.15) is 12.4 Å². The maximum Gasteiger partial charge on any atom is 0.416 e. The number of halogens is 3. The lowest BCUT2D eigenvalue weighted by Crippen LogP contribution is -2.45. The van der Waals surface area contributed by atoms with Gasteiger partial charge in [0, 0.05) is 17.8 Å². The van der Waals surface area contributed by atoms with Crippen LogP contribution < -0.4 is 15.0 Å². The Labute approximate surface area is 208 Å². The zero-order valence-corrected chi connectivity index (χ0v) is 20.2. The molecule has 9 heteroatoms. The quantitative estimate of drug-likeness (QED) is 0.511. The number of likely N-dealkylation sites (N-methyl/N-ethyl adjacent to an activating group) is 1. The topological polar surface area (TPSA) is 78.9 Å². The molecular weight excluding hydrogens is 473 g/mol. The molecule has 0 aromatic heterocycles. The van der Waals surface area contributed by atoms with Crippen LogP contribution in [-0.4, -0.2) is 36.6 Å². The smallest absolute Gasteiger partial charge is 0.416 e. The molecule has 1 aliphatic heterocycles. The fraction of sp³-hybridized carbons (Fsp3) is 0.481. The normalized spacial score (nSPS) is 17.1. The Morgan fingerprint density at radius 3 is 2.56 bits per heavy atom. The summed E-state index contributed by atoms with van der Waals surface area (Å²) in [5, 5.41) is 11.8. The Kier molecular flexibility index (Phi) is 7.88. The minimum atomic E-state index is -4.47. The summed E-state index contributed by atoms with van der Waals surface area (Å²) in [5.74, 6) is -0.811. The van der Waals surface area contributed by atoms with Crippen LogP contribution in [0.15, 0.2) is 36.4 Å². The molecule has 1 amide bonds. The number of ether oxygens (including phenoxy) is 1. The number of anilines is 1. The summed E-state index contributed by atoms with van der Waals surface area (Å²) in [6.45, 7) is 0.179. The Morgan fingerprint density at radius 1 is 1.14 bits per heavy atom. The van der Waals surface area contributed by atoms with Crippen LogP contribution in [0.3, 0.4) is 0 Å². The Balaban J connectivity index is 1.48. The number of carbonyl (C=O) groups is 2. The number of aliphatic carboxylic acids is 1. The van der Waals surface area contributed by atoms with E-state index in [-0.39, 0.29) is 30.4 Å². The molecule has 0 unspecified atom stereocenters. The van der Waals surface area contributed by atoms with Gasteiger partial charge in [-0.05, 0) is 67.6 Å². The van der Waals surface area contributed by atoms with E-state index >= 15 is 0 Å². The van der Waals surface area contributed by atoms with Crippen LogP contribution in [0.2, 0.25) is 0 Å². The van der Waals surface area contributed by atoms with Crippen LogP contribution in [0.1, 0.15) is 66.7 Å². The fourth-order valence-corrected chi connectivity index (χ4v) is 5.21. The lowest BCUT2D eigenvalue weighted by atomic mass is 9.83. The molecule has 0 saturated heterocycles. The van der Waals surface area contributed by atoms with E-state index in [4.69, 9.17) is 9.84 Å². The van der Waals surface area contributed by atoms with Gasteiger partial charge in [0.2, 0.25) is 5.91 Å².